The number of rotatable bonds is 8. The second-order valence-corrected chi connectivity index (χ2v) is 6.13. The van der Waals surface area contributed by atoms with Crippen LogP contribution in [0.5, 0.6) is 0 Å². The van der Waals surface area contributed by atoms with Gasteiger partial charge < -0.3 is 20.6 Å². The Morgan fingerprint density at radius 2 is 1.91 bits per heavy atom. The molecule has 0 saturated carbocycles. The molecule has 0 unspecified atom stereocenters. The number of hydrogen-bond acceptors (Lipinski definition) is 3. The highest BCUT2D eigenvalue weighted by molar-refractivity contribution is 5.73. The smallest absolute Gasteiger partial charge is 0.315 e. The molecule has 0 saturated heterocycles. The summed E-state index contributed by atoms with van der Waals surface area (Å²) in [5, 5.41) is 15.5. The molecule has 0 fully saturated rings. The van der Waals surface area contributed by atoms with Crippen molar-refractivity contribution in [1.82, 2.24) is 15.5 Å². The fraction of sp³-hybridized carbons (Fsp3) is 0.588. The third-order valence-electron chi connectivity index (χ3n) is 3.94. The van der Waals surface area contributed by atoms with Gasteiger partial charge in [-0.15, -0.1) is 0 Å². The highest BCUT2D eigenvalue weighted by Gasteiger charge is 2.22. The molecule has 0 aromatic heterocycles. The van der Waals surface area contributed by atoms with E-state index in [1.54, 1.807) is 12.1 Å². The number of hydrogen-bond donors (Lipinski definition) is 3. The number of benzene rings is 1. The molecule has 0 aliphatic heterocycles. The number of nitrogens with zero attached hydrogens (tertiary/aromatic N) is 1. The van der Waals surface area contributed by atoms with Crippen LogP contribution in [0.2, 0.25) is 0 Å². The van der Waals surface area contributed by atoms with Gasteiger partial charge in [0.25, 0.3) is 0 Å². The zero-order valence-electron chi connectivity index (χ0n) is 14.4. The SMILES string of the molecule is CCC(O)(CC)CNC(=O)NCc1ccc(F)c(CN(C)C)c1. The summed E-state index contributed by atoms with van der Waals surface area (Å²) < 4.78 is 13.7. The summed E-state index contributed by atoms with van der Waals surface area (Å²) in [6.45, 7) is 4.79. The molecule has 0 spiro atoms. The lowest BCUT2D eigenvalue weighted by molar-refractivity contribution is 0.0349. The first-order chi connectivity index (χ1) is 10.8. The molecule has 0 radical (unpaired) electrons. The van der Waals surface area contributed by atoms with Crippen molar-refractivity contribution in [2.75, 3.05) is 20.6 Å². The Hall–Kier alpha value is -1.66. The summed E-state index contributed by atoms with van der Waals surface area (Å²) in [5.74, 6) is -0.247. The van der Waals surface area contributed by atoms with Crippen LogP contribution in [0.1, 0.15) is 37.8 Å². The van der Waals surface area contributed by atoms with Crippen LogP contribution < -0.4 is 10.6 Å². The molecule has 0 atom stereocenters. The van der Waals surface area contributed by atoms with Crippen LogP contribution in [-0.2, 0) is 13.1 Å². The van der Waals surface area contributed by atoms with Gasteiger partial charge >= 0.3 is 6.03 Å². The van der Waals surface area contributed by atoms with Crippen molar-refractivity contribution in [2.24, 2.45) is 0 Å². The highest BCUT2D eigenvalue weighted by Crippen LogP contribution is 2.13. The number of halogens is 1. The number of nitrogens with one attached hydrogen (secondary N) is 2. The van der Waals surface area contributed by atoms with Gasteiger partial charge in [-0.2, -0.15) is 0 Å². The number of carbonyl (C=O) groups is 1. The molecule has 1 rings (SSSR count). The lowest BCUT2D eigenvalue weighted by atomic mass is 9.98. The van der Waals surface area contributed by atoms with Crippen molar-refractivity contribution >= 4 is 6.03 Å². The normalized spacial score (nSPS) is 11.6. The molecule has 1 aromatic rings. The Morgan fingerprint density at radius 1 is 1.26 bits per heavy atom. The average Bonchev–Trinajstić information content (AvgIpc) is 2.52. The van der Waals surface area contributed by atoms with E-state index in [0.717, 1.165) is 5.56 Å². The van der Waals surface area contributed by atoms with Gasteiger partial charge in [0.05, 0.1) is 5.60 Å². The van der Waals surface area contributed by atoms with Gasteiger partial charge in [-0.1, -0.05) is 19.9 Å². The maximum atomic E-state index is 13.7. The first-order valence-corrected chi connectivity index (χ1v) is 7.95. The summed E-state index contributed by atoms with van der Waals surface area (Å²) in [4.78, 5) is 13.7. The standard InChI is InChI=1S/C17H28FN3O2/c1-5-17(23,6-2)12-20-16(22)19-10-13-7-8-15(18)14(9-13)11-21(3)4/h7-9,23H,5-6,10-12H2,1-4H3,(H2,19,20,22). The van der Waals surface area contributed by atoms with Crippen molar-refractivity contribution < 1.29 is 14.3 Å². The largest absolute Gasteiger partial charge is 0.388 e. The molecule has 1 aromatic carbocycles. The molecular formula is C17H28FN3O2. The Balaban J connectivity index is 2.53. The van der Waals surface area contributed by atoms with E-state index >= 15 is 0 Å². The van der Waals surface area contributed by atoms with E-state index in [0.29, 0.717) is 31.5 Å². The van der Waals surface area contributed by atoms with Gasteiger partial charge in [0, 0.05) is 25.2 Å². The molecule has 23 heavy (non-hydrogen) atoms. The summed E-state index contributed by atoms with van der Waals surface area (Å²) in [5.41, 5.74) is 0.562. The maximum absolute atomic E-state index is 13.7. The Labute approximate surface area is 137 Å². The lowest BCUT2D eigenvalue weighted by Crippen LogP contribution is -2.45. The first kappa shape index (κ1) is 19.4. The fourth-order valence-electron chi connectivity index (χ4n) is 2.19. The van der Waals surface area contributed by atoms with Gasteiger partial charge in [0.15, 0.2) is 0 Å². The topological polar surface area (TPSA) is 64.6 Å². The molecule has 5 nitrogen and oxygen atoms in total. The minimum absolute atomic E-state index is 0.209. The van der Waals surface area contributed by atoms with Crippen LogP contribution in [-0.4, -0.2) is 42.3 Å². The highest BCUT2D eigenvalue weighted by atomic mass is 19.1. The van der Waals surface area contributed by atoms with E-state index < -0.39 is 5.60 Å². The van der Waals surface area contributed by atoms with Crippen molar-refractivity contribution in [2.45, 2.75) is 45.4 Å². The van der Waals surface area contributed by atoms with Crippen molar-refractivity contribution in [1.29, 1.82) is 0 Å². The fourth-order valence-corrected chi connectivity index (χ4v) is 2.19. The van der Waals surface area contributed by atoms with Crippen LogP contribution in [0, 0.1) is 5.82 Å². The van der Waals surface area contributed by atoms with Gasteiger partial charge in [-0.25, -0.2) is 9.18 Å². The second-order valence-electron chi connectivity index (χ2n) is 6.13. The third-order valence-corrected chi connectivity index (χ3v) is 3.94. The van der Waals surface area contributed by atoms with Gasteiger partial charge in [-0.3, -0.25) is 0 Å². The predicted octanol–water partition coefficient (Wildman–Crippen LogP) is 2.24. The number of aliphatic hydroxyl groups is 1. The molecule has 130 valence electrons. The Bertz CT molecular complexity index is 517. The molecule has 2 amide bonds. The zero-order chi connectivity index (χ0) is 17.5. The Morgan fingerprint density at radius 3 is 2.48 bits per heavy atom. The molecule has 3 N–H and O–H groups in total. The van der Waals surface area contributed by atoms with Gasteiger partial charge in [-0.05, 0) is 44.6 Å². The zero-order valence-corrected chi connectivity index (χ0v) is 14.4. The van der Waals surface area contributed by atoms with E-state index in [2.05, 4.69) is 10.6 Å². The average molecular weight is 325 g/mol. The summed E-state index contributed by atoms with van der Waals surface area (Å²) in [7, 11) is 3.75. The number of amides is 2. The van der Waals surface area contributed by atoms with Gasteiger partial charge in [0.1, 0.15) is 5.82 Å². The Kier molecular flexibility index (Phi) is 7.45. The van der Waals surface area contributed by atoms with E-state index in [1.165, 1.54) is 6.07 Å². The van der Waals surface area contributed by atoms with Crippen molar-refractivity contribution in [3.63, 3.8) is 0 Å². The quantitative estimate of drug-likeness (QED) is 0.687. The minimum atomic E-state index is -0.869. The van der Waals surface area contributed by atoms with E-state index in [4.69, 9.17) is 0 Å². The van der Waals surface area contributed by atoms with E-state index in [9.17, 15) is 14.3 Å². The van der Waals surface area contributed by atoms with Crippen LogP contribution in [0.15, 0.2) is 18.2 Å². The van der Waals surface area contributed by atoms with Crippen LogP contribution in [0.25, 0.3) is 0 Å². The van der Waals surface area contributed by atoms with E-state index in [-0.39, 0.29) is 18.4 Å². The van der Waals surface area contributed by atoms with Crippen LogP contribution in [0.3, 0.4) is 0 Å². The molecule has 0 bridgehead atoms. The first-order valence-electron chi connectivity index (χ1n) is 7.95. The molecule has 6 heteroatoms. The lowest BCUT2D eigenvalue weighted by Gasteiger charge is -2.25. The monoisotopic (exact) mass is 325 g/mol. The molecule has 0 aliphatic carbocycles. The number of carbonyl (C=O) groups excluding carboxylic acids is 1. The van der Waals surface area contributed by atoms with Crippen molar-refractivity contribution in [3.05, 3.63) is 35.1 Å². The number of urea groups is 1. The summed E-state index contributed by atoms with van der Waals surface area (Å²) in [6.07, 6.45) is 1.16. The summed E-state index contributed by atoms with van der Waals surface area (Å²) in [6, 6.07) is 4.48. The second kappa shape index (κ2) is 8.84. The van der Waals surface area contributed by atoms with Crippen LogP contribution in [0.4, 0.5) is 9.18 Å². The van der Waals surface area contributed by atoms with Crippen molar-refractivity contribution in [3.8, 4) is 0 Å². The molecule has 0 aliphatic rings. The van der Waals surface area contributed by atoms with Crippen LogP contribution >= 0.6 is 0 Å². The molecular weight excluding hydrogens is 297 g/mol. The third kappa shape index (κ3) is 6.54. The molecule has 0 heterocycles. The van der Waals surface area contributed by atoms with E-state index in [1.807, 2.05) is 32.8 Å². The summed E-state index contributed by atoms with van der Waals surface area (Å²) >= 11 is 0. The maximum Gasteiger partial charge on any atom is 0.315 e. The predicted molar refractivity (Wildman–Crippen MR) is 89.6 cm³/mol. The van der Waals surface area contributed by atoms with Gasteiger partial charge in [0.2, 0.25) is 0 Å². The minimum Gasteiger partial charge on any atom is -0.388 e.